The van der Waals surface area contributed by atoms with Crippen molar-refractivity contribution in [2.75, 3.05) is 13.1 Å². The first-order chi connectivity index (χ1) is 26.3. The summed E-state index contributed by atoms with van der Waals surface area (Å²) in [6.07, 6.45) is -7.41. The molecule has 16 heteroatoms. The van der Waals surface area contributed by atoms with E-state index in [1.807, 2.05) is 6.92 Å². The lowest BCUT2D eigenvalue weighted by atomic mass is 9.48. The fraction of sp³-hybridized carbons (Fsp3) is 0.902. The zero-order chi connectivity index (χ0) is 42.2. The van der Waals surface area contributed by atoms with Gasteiger partial charge in [0.25, 0.3) is 0 Å². The maximum absolute atomic E-state index is 13.9. The fourth-order valence-electron chi connectivity index (χ4n) is 13.1. The predicted molar refractivity (Wildman–Crippen MR) is 196 cm³/mol. The van der Waals surface area contributed by atoms with Crippen LogP contribution in [0, 0.1) is 46.8 Å². The molecule has 0 aromatic rings. The summed E-state index contributed by atoms with van der Waals surface area (Å²) in [6.45, 7) is 14.7. The van der Waals surface area contributed by atoms with E-state index < -0.39 is 130 Å². The van der Waals surface area contributed by atoms with Gasteiger partial charge in [0, 0.05) is 44.3 Å². The molecule has 4 saturated carbocycles. The maximum Gasteiger partial charge on any atom is 0.341 e. The Morgan fingerprint density at radius 2 is 1.54 bits per heavy atom. The van der Waals surface area contributed by atoms with Crippen molar-refractivity contribution in [3.8, 4) is 0 Å². The third kappa shape index (κ3) is 5.81. The number of hydrogen-bond donors (Lipinski definition) is 6. The van der Waals surface area contributed by atoms with Crippen LogP contribution in [0.2, 0.25) is 0 Å². The van der Waals surface area contributed by atoms with E-state index in [1.165, 1.54) is 6.92 Å². The van der Waals surface area contributed by atoms with Gasteiger partial charge in [0.15, 0.2) is 17.8 Å². The van der Waals surface area contributed by atoms with Crippen LogP contribution < -0.4 is 0 Å². The van der Waals surface area contributed by atoms with E-state index in [0.29, 0.717) is 31.8 Å². The average Bonchev–Trinajstić information content (AvgIpc) is 3.40. The van der Waals surface area contributed by atoms with Gasteiger partial charge in [0.1, 0.15) is 17.8 Å². The second kappa shape index (κ2) is 13.8. The molecule has 322 valence electrons. The Balaban J connectivity index is 1.45. The largest absolute Gasteiger partial charge is 0.458 e. The Hall–Kier alpha value is -2.44. The van der Waals surface area contributed by atoms with E-state index in [2.05, 4.69) is 11.8 Å². The van der Waals surface area contributed by atoms with Crippen LogP contribution in [-0.4, -0.2) is 143 Å². The normalized spacial score (nSPS) is 50.4. The minimum absolute atomic E-state index is 0.0170. The standard InChI is InChI=1S/C41H63NO15/c1-10-19(3)34(47)56-33-28(46)27-23(17-42-16-18(2)11-12-25(42)38(27,9)50)24-15-39-32(40(24,33)51)30(54-22(6)45)29(53-21(5)44)31-36(39,7)14-13-26(41(31,52)57-39)55-35(48)37(8,49)20(4)43/h18-20,23-33,43,46,49-52H,10-17H2,1-9H3/t18-,19?,20?,23-,24-,25-,26-,27+,28+,29-,30+,31-,32+,33-,36-,37?,38+,39+,40-,41-/m0/s1. The summed E-state index contributed by atoms with van der Waals surface area (Å²) in [5, 5.41) is 73.2. The van der Waals surface area contributed by atoms with Crippen LogP contribution in [0.3, 0.4) is 0 Å². The van der Waals surface area contributed by atoms with Gasteiger partial charge in [0.2, 0.25) is 5.79 Å². The van der Waals surface area contributed by atoms with Crippen LogP contribution in [0.5, 0.6) is 0 Å². The number of rotatable bonds is 8. The van der Waals surface area contributed by atoms with Crippen LogP contribution >= 0.6 is 0 Å². The summed E-state index contributed by atoms with van der Waals surface area (Å²) in [5.41, 5.74) is -9.03. The summed E-state index contributed by atoms with van der Waals surface area (Å²) in [7, 11) is 0. The van der Waals surface area contributed by atoms with Crippen molar-refractivity contribution in [3.05, 3.63) is 0 Å². The molecule has 1 spiro atoms. The highest BCUT2D eigenvalue weighted by Crippen LogP contribution is 2.78. The van der Waals surface area contributed by atoms with Crippen molar-refractivity contribution in [2.24, 2.45) is 46.8 Å². The van der Waals surface area contributed by atoms with Gasteiger partial charge in [-0.15, -0.1) is 0 Å². The number of carbonyl (C=O) groups is 4. The van der Waals surface area contributed by atoms with Crippen LogP contribution in [0.25, 0.3) is 0 Å². The maximum atomic E-state index is 13.9. The quantitative estimate of drug-likeness (QED) is 0.145. The molecular formula is C41H63NO15. The summed E-state index contributed by atoms with van der Waals surface area (Å²) in [5.74, 6) is -11.5. The number of aliphatic hydroxyl groups excluding tert-OH is 2. The molecule has 57 heavy (non-hydrogen) atoms. The third-order valence-electron chi connectivity index (χ3n) is 16.1. The number of esters is 4. The Morgan fingerprint density at radius 1 is 0.930 bits per heavy atom. The number of piperidine rings is 2. The number of nitrogens with zero attached hydrogens (tertiary/aromatic N) is 1. The third-order valence-corrected chi connectivity index (χ3v) is 16.1. The number of fused-ring (bicyclic) bond motifs is 5. The number of carbonyl (C=O) groups excluding carboxylic acids is 4. The fourth-order valence-corrected chi connectivity index (χ4v) is 13.1. The van der Waals surface area contributed by atoms with Crippen molar-refractivity contribution < 1.29 is 73.5 Å². The second-order valence-electron chi connectivity index (χ2n) is 19.4. The number of ether oxygens (including phenoxy) is 5. The minimum Gasteiger partial charge on any atom is -0.458 e. The molecule has 4 bridgehead atoms. The first-order valence-electron chi connectivity index (χ1n) is 20.8. The molecule has 16 nitrogen and oxygen atoms in total. The van der Waals surface area contributed by atoms with Crippen LogP contribution in [0.1, 0.15) is 101 Å². The highest BCUT2D eigenvalue weighted by molar-refractivity contribution is 5.79. The SMILES string of the molecule is CCC(C)C(=O)O[C@H]1[C@H](O)[C@H]2[C@@H](CN3C[C@@H](C)CC[C@H]3[C@@]2(C)O)[C@@H]2C[C@]34O[C@@]5(O)[C@@H](OC(=O)C(C)(O)C(C)O)CC[C@@]3(C)[C@@H]5[C@@H](OC(C)=O)[C@@H](OC(C)=O)[C@H]4[C@@]21O. The summed E-state index contributed by atoms with van der Waals surface area (Å²) in [4.78, 5) is 55.6. The lowest BCUT2D eigenvalue weighted by Crippen LogP contribution is -2.78. The molecular weight excluding hydrogens is 746 g/mol. The van der Waals surface area contributed by atoms with Gasteiger partial charge >= 0.3 is 23.9 Å². The molecule has 3 saturated heterocycles. The minimum atomic E-state index is -2.47. The predicted octanol–water partition coefficient (Wildman–Crippen LogP) is 0.578. The van der Waals surface area contributed by atoms with Crippen molar-refractivity contribution in [3.63, 3.8) is 0 Å². The Labute approximate surface area is 333 Å². The Kier molecular flexibility index (Phi) is 10.3. The highest BCUT2D eigenvalue weighted by atomic mass is 16.7. The second-order valence-corrected chi connectivity index (χ2v) is 19.4. The Morgan fingerprint density at radius 3 is 2.12 bits per heavy atom. The molecule has 3 unspecified atom stereocenters. The molecule has 20 atom stereocenters. The molecule has 7 aliphatic rings. The van der Waals surface area contributed by atoms with E-state index in [-0.39, 0.29) is 25.3 Å². The Bertz CT molecular complexity index is 1650. The average molecular weight is 810 g/mol. The van der Waals surface area contributed by atoms with Crippen LogP contribution in [0.15, 0.2) is 0 Å². The van der Waals surface area contributed by atoms with E-state index in [4.69, 9.17) is 23.7 Å². The number of aliphatic hydroxyl groups is 6. The zero-order valence-electron chi connectivity index (χ0n) is 34.5. The lowest BCUT2D eigenvalue weighted by Gasteiger charge is -2.64. The molecule has 0 radical (unpaired) electrons. The monoisotopic (exact) mass is 809 g/mol. The molecule has 4 aliphatic carbocycles. The van der Waals surface area contributed by atoms with Gasteiger partial charge < -0.3 is 54.3 Å². The van der Waals surface area contributed by atoms with Gasteiger partial charge in [0.05, 0.1) is 41.2 Å². The highest BCUT2D eigenvalue weighted by Gasteiger charge is 2.90. The zero-order valence-corrected chi connectivity index (χ0v) is 34.5. The molecule has 6 N–H and O–H groups in total. The van der Waals surface area contributed by atoms with Crippen molar-refractivity contribution in [1.29, 1.82) is 0 Å². The molecule has 3 heterocycles. The molecule has 0 aromatic carbocycles. The van der Waals surface area contributed by atoms with Gasteiger partial charge in [-0.1, -0.05) is 27.7 Å². The molecule has 7 rings (SSSR count). The van der Waals surface area contributed by atoms with Gasteiger partial charge in [-0.05, 0) is 77.0 Å². The summed E-state index contributed by atoms with van der Waals surface area (Å²) < 4.78 is 31.1. The van der Waals surface area contributed by atoms with E-state index in [1.54, 1.807) is 20.8 Å². The summed E-state index contributed by atoms with van der Waals surface area (Å²) in [6, 6.07) is -0.329. The first kappa shape index (κ1) is 42.7. The van der Waals surface area contributed by atoms with Crippen LogP contribution in [0.4, 0.5) is 0 Å². The smallest absolute Gasteiger partial charge is 0.341 e. The van der Waals surface area contributed by atoms with Crippen molar-refractivity contribution in [1.82, 2.24) is 4.90 Å². The summed E-state index contributed by atoms with van der Waals surface area (Å²) >= 11 is 0. The molecule has 0 aromatic heterocycles. The topological polar surface area (TPSA) is 239 Å². The van der Waals surface area contributed by atoms with Gasteiger partial charge in [-0.3, -0.25) is 19.3 Å². The van der Waals surface area contributed by atoms with E-state index in [9.17, 15) is 49.8 Å². The van der Waals surface area contributed by atoms with Crippen LogP contribution in [-0.2, 0) is 42.9 Å². The first-order valence-corrected chi connectivity index (χ1v) is 20.8. The van der Waals surface area contributed by atoms with E-state index in [0.717, 1.165) is 27.2 Å². The van der Waals surface area contributed by atoms with Crippen molar-refractivity contribution >= 4 is 23.9 Å². The molecule has 3 aliphatic heterocycles. The van der Waals surface area contributed by atoms with E-state index >= 15 is 0 Å². The molecule has 7 fully saturated rings. The lowest BCUT2D eigenvalue weighted by molar-refractivity contribution is -0.301. The number of hydrogen-bond acceptors (Lipinski definition) is 16. The molecule has 0 amide bonds. The van der Waals surface area contributed by atoms with Gasteiger partial charge in [-0.25, -0.2) is 4.79 Å². The van der Waals surface area contributed by atoms with Gasteiger partial charge in [-0.2, -0.15) is 0 Å². The van der Waals surface area contributed by atoms with Crippen molar-refractivity contribution in [2.45, 2.75) is 172 Å².